The van der Waals surface area contributed by atoms with E-state index in [2.05, 4.69) is 20.4 Å². The van der Waals surface area contributed by atoms with Gasteiger partial charge in [0.25, 0.3) is 0 Å². The summed E-state index contributed by atoms with van der Waals surface area (Å²) in [6, 6.07) is 0.340. The van der Waals surface area contributed by atoms with Crippen LogP contribution in [0.5, 0.6) is 0 Å². The van der Waals surface area contributed by atoms with Crippen LogP contribution in [0.25, 0.3) is 0 Å². The first-order valence-corrected chi connectivity index (χ1v) is 10.8. The molecule has 0 aromatic carbocycles. The molecule has 2 unspecified atom stereocenters. The maximum absolute atomic E-state index is 12.7. The largest absolute Gasteiger partial charge is 0.353 e. The summed E-state index contributed by atoms with van der Waals surface area (Å²) in [6.45, 7) is 2.87. The van der Waals surface area contributed by atoms with E-state index in [-0.39, 0.29) is 61.9 Å². The van der Waals surface area contributed by atoms with Gasteiger partial charge in [0.05, 0.1) is 26.2 Å². The van der Waals surface area contributed by atoms with E-state index in [4.69, 9.17) is 0 Å². The number of nitrogens with one attached hydrogen (secondary N) is 2. The average molecular weight is 423 g/mol. The van der Waals surface area contributed by atoms with Crippen LogP contribution in [-0.2, 0) is 19.2 Å². The van der Waals surface area contributed by atoms with E-state index in [0.717, 1.165) is 25.7 Å². The number of rotatable bonds is 6. The zero-order chi connectivity index (χ0) is 21.7. The number of carbonyl (C=O) groups is 4. The highest BCUT2D eigenvalue weighted by Gasteiger charge is 2.34. The van der Waals surface area contributed by atoms with Crippen LogP contribution >= 0.6 is 0 Å². The first kappa shape index (κ1) is 22.5. The van der Waals surface area contributed by atoms with Crippen molar-refractivity contribution in [1.82, 2.24) is 30.2 Å². The fraction of sp³-hybridized carbons (Fsp3) is 0.800. The molecule has 0 aromatic rings. The number of piperazine rings is 2. The molecule has 0 bridgehead atoms. The van der Waals surface area contributed by atoms with Gasteiger partial charge in [-0.25, -0.2) is 0 Å². The lowest BCUT2D eigenvalue weighted by molar-refractivity contribution is -0.140. The van der Waals surface area contributed by atoms with E-state index in [9.17, 15) is 19.2 Å². The Morgan fingerprint density at radius 3 is 1.60 bits per heavy atom. The minimum absolute atomic E-state index is 0.0327. The molecule has 3 aliphatic rings. The number of hydrogen-bond acceptors (Lipinski definition) is 6. The van der Waals surface area contributed by atoms with Crippen molar-refractivity contribution in [1.29, 1.82) is 0 Å². The maximum Gasteiger partial charge on any atom is 0.239 e. The van der Waals surface area contributed by atoms with Gasteiger partial charge in [-0.15, -0.1) is 0 Å². The van der Waals surface area contributed by atoms with Gasteiger partial charge in [-0.3, -0.25) is 29.0 Å². The molecule has 10 nitrogen and oxygen atoms in total. The zero-order valence-corrected chi connectivity index (χ0v) is 18.1. The second-order valence-corrected chi connectivity index (χ2v) is 8.58. The van der Waals surface area contributed by atoms with Gasteiger partial charge < -0.3 is 20.4 Å². The summed E-state index contributed by atoms with van der Waals surface area (Å²) in [6.07, 6.45) is 4.14. The van der Waals surface area contributed by atoms with Gasteiger partial charge in [0.2, 0.25) is 23.6 Å². The standard InChI is InChI=1S/C20H34N6O4/c1-23(13-19(29)25-9-7-21-17(27)11-25)15-5-3-4-6-16(15)24(2)14-20(30)26-10-8-22-18(28)12-26/h15-16H,3-14H2,1-2H3,(H,21,27)(H,22,28). The Kier molecular flexibility index (Phi) is 7.65. The molecule has 2 heterocycles. The molecule has 2 atom stereocenters. The molecule has 0 aromatic heterocycles. The smallest absolute Gasteiger partial charge is 0.239 e. The van der Waals surface area contributed by atoms with E-state index in [0.29, 0.717) is 26.2 Å². The van der Waals surface area contributed by atoms with Crippen LogP contribution < -0.4 is 10.6 Å². The minimum Gasteiger partial charge on any atom is -0.353 e. The normalized spacial score (nSPS) is 25.3. The molecule has 30 heavy (non-hydrogen) atoms. The molecule has 4 amide bonds. The third kappa shape index (κ3) is 5.69. The van der Waals surface area contributed by atoms with Crippen LogP contribution in [0.15, 0.2) is 0 Å². The minimum atomic E-state index is -0.113. The lowest BCUT2D eigenvalue weighted by atomic mass is 9.88. The number of nitrogens with zero attached hydrogens (tertiary/aromatic N) is 4. The van der Waals surface area contributed by atoms with Crippen LogP contribution in [-0.4, -0.2) is 122 Å². The van der Waals surface area contributed by atoms with Crippen molar-refractivity contribution in [2.75, 3.05) is 66.5 Å². The monoisotopic (exact) mass is 422 g/mol. The second-order valence-electron chi connectivity index (χ2n) is 8.58. The molecular weight excluding hydrogens is 388 g/mol. The predicted molar refractivity (Wildman–Crippen MR) is 110 cm³/mol. The molecule has 1 aliphatic carbocycles. The molecule has 3 fully saturated rings. The summed E-state index contributed by atoms with van der Waals surface area (Å²) in [7, 11) is 3.91. The molecule has 10 heteroatoms. The number of hydrogen-bond donors (Lipinski definition) is 2. The average Bonchev–Trinajstić information content (AvgIpc) is 2.73. The lowest BCUT2D eigenvalue weighted by Crippen LogP contribution is -2.57. The Balaban J connectivity index is 1.56. The van der Waals surface area contributed by atoms with E-state index >= 15 is 0 Å². The molecule has 2 saturated heterocycles. The van der Waals surface area contributed by atoms with Crippen molar-refractivity contribution < 1.29 is 19.2 Å². The summed E-state index contributed by atoms with van der Waals surface area (Å²) in [5.74, 6) is -0.292. The number of likely N-dealkylation sites (N-methyl/N-ethyl adjacent to an activating group) is 2. The molecule has 1 saturated carbocycles. The quantitative estimate of drug-likeness (QED) is 0.517. The van der Waals surface area contributed by atoms with Crippen molar-refractivity contribution >= 4 is 23.6 Å². The van der Waals surface area contributed by atoms with E-state index in [1.165, 1.54) is 0 Å². The van der Waals surface area contributed by atoms with Gasteiger partial charge >= 0.3 is 0 Å². The third-order valence-electron chi connectivity index (χ3n) is 6.38. The Bertz CT molecular complexity index is 616. The van der Waals surface area contributed by atoms with Crippen LogP contribution in [0.2, 0.25) is 0 Å². The highest BCUT2D eigenvalue weighted by molar-refractivity contribution is 5.87. The lowest BCUT2D eigenvalue weighted by Gasteiger charge is -2.43. The number of amides is 4. The predicted octanol–water partition coefficient (Wildman–Crippen LogP) is -1.92. The molecule has 2 aliphatic heterocycles. The van der Waals surface area contributed by atoms with E-state index in [1.54, 1.807) is 9.80 Å². The van der Waals surface area contributed by atoms with Crippen molar-refractivity contribution in [2.24, 2.45) is 0 Å². The Hall–Kier alpha value is -2.20. The van der Waals surface area contributed by atoms with Crippen LogP contribution in [0, 0.1) is 0 Å². The van der Waals surface area contributed by atoms with E-state index < -0.39 is 0 Å². The third-order valence-corrected chi connectivity index (χ3v) is 6.38. The van der Waals surface area contributed by atoms with Crippen molar-refractivity contribution in [3.05, 3.63) is 0 Å². The van der Waals surface area contributed by atoms with Crippen LogP contribution in [0.4, 0.5) is 0 Å². The molecule has 168 valence electrons. The molecular formula is C20H34N6O4. The van der Waals surface area contributed by atoms with Gasteiger partial charge in [0, 0.05) is 38.3 Å². The molecule has 0 radical (unpaired) electrons. The Morgan fingerprint density at radius 1 is 0.833 bits per heavy atom. The summed E-state index contributed by atoms with van der Waals surface area (Å²) in [5.41, 5.74) is 0. The number of carbonyl (C=O) groups excluding carboxylic acids is 4. The summed E-state index contributed by atoms with van der Waals surface area (Å²) in [5, 5.41) is 5.48. The van der Waals surface area contributed by atoms with Crippen molar-refractivity contribution in [2.45, 2.75) is 37.8 Å². The van der Waals surface area contributed by atoms with Crippen LogP contribution in [0.3, 0.4) is 0 Å². The summed E-state index contributed by atoms with van der Waals surface area (Å²) < 4.78 is 0. The van der Waals surface area contributed by atoms with Crippen molar-refractivity contribution in [3.8, 4) is 0 Å². The van der Waals surface area contributed by atoms with Gasteiger partial charge in [-0.05, 0) is 26.9 Å². The summed E-state index contributed by atoms with van der Waals surface area (Å²) >= 11 is 0. The molecule has 3 rings (SSSR count). The fourth-order valence-corrected chi connectivity index (χ4v) is 4.68. The van der Waals surface area contributed by atoms with Gasteiger partial charge in [-0.2, -0.15) is 0 Å². The Labute approximate surface area is 177 Å². The summed E-state index contributed by atoms with van der Waals surface area (Å²) in [4.78, 5) is 55.9. The topological polar surface area (TPSA) is 105 Å². The van der Waals surface area contributed by atoms with Gasteiger partial charge in [0.1, 0.15) is 0 Å². The maximum atomic E-state index is 12.7. The van der Waals surface area contributed by atoms with E-state index in [1.807, 2.05) is 14.1 Å². The van der Waals surface area contributed by atoms with Crippen LogP contribution in [0.1, 0.15) is 25.7 Å². The first-order chi connectivity index (χ1) is 14.3. The second kappa shape index (κ2) is 10.2. The highest BCUT2D eigenvalue weighted by atomic mass is 16.2. The van der Waals surface area contributed by atoms with Gasteiger partial charge in [-0.1, -0.05) is 12.8 Å². The Morgan fingerprint density at radius 2 is 1.23 bits per heavy atom. The molecule has 2 N–H and O–H groups in total. The van der Waals surface area contributed by atoms with Crippen molar-refractivity contribution in [3.63, 3.8) is 0 Å². The zero-order valence-electron chi connectivity index (χ0n) is 18.1. The SMILES string of the molecule is CN(CC(=O)N1CCNC(=O)C1)C1CCCCC1N(C)CC(=O)N1CCNC(=O)C1. The highest BCUT2D eigenvalue weighted by Crippen LogP contribution is 2.26. The molecule has 0 spiro atoms. The first-order valence-electron chi connectivity index (χ1n) is 10.8. The fourth-order valence-electron chi connectivity index (χ4n) is 4.68. The van der Waals surface area contributed by atoms with Gasteiger partial charge in [0.15, 0.2) is 0 Å².